The minimum Gasteiger partial charge on any atom is -0.335 e. The van der Waals surface area contributed by atoms with Crippen molar-refractivity contribution < 1.29 is 4.79 Å². The molecule has 2 heterocycles. The third-order valence-corrected chi connectivity index (χ3v) is 5.07. The summed E-state index contributed by atoms with van der Waals surface area (Å²) in [6.45, 7) is 6.69. The number of amides is 1. The van der Waals surface area contributed by atoms with Gasteiger partial charge in [-0.25, -0.2) is 0 Å². The Labute approximate surface area is 155 Å². The molecule has 0 unspecified atom stereocenters. The number of halogens is 2. The second-order valence-electron chi connectivity index (χ2n) is 5.86. The summed E-state index contributed by atoms with van der Waals surface area (Å²) >= 11 is 9.48. The van der Waals surface area contributed by atoms with Crippen molar-refractivity contribution in [1.29, 1.82) is 0 Å². The number of aromatic nitrogens is 2. The fourth-order valence-electron chi connectivity index (χ4n) is 2.97. The molecule has 0 N–H and O–H groups in total. The molecule has 0 saturated carbocycles. The summed E-state index contributed by atoms with van der Waals surface area (Å²) in [5.41, 5.74) is 1.84. The van der Waals surface area contributed by atoms with Gasteiger partial charge in [-0.2, -0.15) is 5.10 Å². The Balaban J connectivity index is 1.60. The van der Waals surface area contributed by atoms with Crippen molar-refractivity contribution >= 4 is 33.4 Å². The van der Waals surface area contributed by atoms with Crippen LogP contribution in [0.25, 0.3) is 0 Å². The molecule has 0 spiro atoms. The van der Waals surface area contributed by atoms with Gasteiger partial charge >= 0.3 is 0 Å². The van der Waals surface area contributed by atoms with Crippen LogP contribution in [0.1, 0.15) is 23.0 Å². The van der Waals surface area contributed by atoms with Gasteiger partial charge in [-0.15, -0.1) is 0 Å². The van der Waals surface area contributed by atoms with Gasteiger partial charge in [0, 0.05) is 44.3 Å². The Morgan fingerprint density at radius 1 is 1.29 bits per heavy atom. The molecule has 1 saturated heterocycles. The van der Waals surface area contributed by atoms with Gasteiger partial charge in [0.1, 0.15) is 5.69 Å². The zero-order valence-corrected chi connectivity index (χ0v) is 15.9. The van der Waals surface area contributed by atoms with Crippen molar-refractivity contribution in [2.24, 2.45) is 0 Å². The molecule has 0 radical (unpaired) electrons. The summed E-state index contributed by atoms with van der Waals surface area (Å²) in [7, 11) is 0. The molecule has 1 aliphatic rings. The van der Waals surface area contributed by atoms with Crippen molar-refractivity contribution in [3.8, 4) is 0 Å². The number of piperazine rings is 1. The molecule has 3 rings (SSSR count). The van der Waals surface area contributed by atoms with Crippen LogP contribution in [0.2, 0.25) is 5.02 Å². The van der Waals surface area contributed by atoms with Crippen molar-refractivity contribution in [2.45, 2.75) is 20.0 Å². The van der Waals surface area contributed by atoms with Crippen LogP contribution in [0.4, 0.5) is 0 Å². The molecular weight excluding hydrogens is 392 g/mol. The number of hydrogen-bond acceptors (Lipinski definition) is 3. The first kappa shape index (κ1) is 17.5. The second-order valence-corrected chi connectivity index (χ2v) is 7.15. The summed E-state index contributed by atoms with van der Waals surface area (Å²) in [6.07, 6.45) is 1.69. The minimum absolute atomic E-state index is 0.0450. The normalized spacial score (nSPS) is 15.7. The van der Waals surface area contributed by atoms with E-state index in [9.17, 15) is 4.79 Å². The second kappa shape index (κ2) is 7.68. The lowest BCUT2D eigenvalue weighted by atomic mass is 10.2. The molecule has 0 atom stereocenters. The van der Waals surface area contributed by atoms with Gasteiger partial charge in [0.25, 0.3) is 5.91 Å². The van der Waals surface area contributed by atoms with Gasteiger partial charge in [-0.3, -0.25) is 14.4 Å². The van der Waals surface area contributed by atoms with E-state index in [2.05, 4.69) is 32.0 Å². The Kier molecular flexibility index (Phi) is 5.58. The molecule has 0 aliphatic carbocycles. The highest BCUT2D eigenvalue weighted by Crippen LogP contribution is 2.20. The molecule has 1 amide bonds. The van der Waals surface area contributed by atoms with Crippen molar-refractivity contribution in [2.75, 3.05) is 26.2 Å². The summed E-state index contributed by atoms with van der Waals surface area (Å²) in [5.74, 6) is 0.0450. The predicted molar refractivity (Wildman–Crippen MR) is 98.2 cm³/mol. The van der Waals surface area contributed by atoms with Gasteiger partial charge in [-0.05, 0) is 40.5 Å². The highest BCUT2D eigenvalue weighted by atomic mass is 79.9. The van der Waals surface area contributed by atoms with Gasteiger partial charge in [0.05, 0.1) is 10.7 Å². The first-order valence-electron chi connectivity index (χ1n) is 8.06. The van der Waals surface area contributed by atoms with Crippen LogP contribution in [-0.2, 0) is 13.1 Å². The maximum absolute atomic E-state index is 12.8. The number of carbonyl (C=O) groups is 1. The smallest absolute Gasteiger partial charge is 0.273 e. The SMILES string of the molecule is CCn1ncc(Br)c1C(=O)N1CCN(Cc2cccc(Cl)c2)CC1. The monoisotopic (exact) mass is 410 g/mol. The van der Waals surface area contributed by atoms with Crippen LogP contribution in [-0.4, -0.2) is 51.7 Å². The van der Waals surface area contributed by atoms with Gasteiger partial charge in [0.2, 0.25) is 0 Å². The van der Waals surface area contributed by atoms with Crippen LogP contribution >= 0.6 is 27.5 Å². The average molecular weight is 412 g/mol. The number of nitrogens with zero attached hydrogens (tertiary/aromatic N) is 4. The quantitative estimate of drug-likeness (QED) is 0.775. The maximum atomic E-state index is 12.8. The van der Waals surface area contributed by atoms with Crippen molar-refractivity contribution in [1.82, 2.24) is 19.6 Å². The molecule has 128 valence electrons. The number of aryl methyl sites for hydroxylation is 1. The lowest BCUT2D eigenvalue weighted by Crippen LogP contribution is -2.48. The third-order valence-electron chi connectivity index (χ3n) is 4.25. The Morgan fingerprint density at radius 2 is 2.04 bits per heavy atom. The molecule has 2 aromatic rings. The van der Waals surface area contributed by atoms with Gasteiger partial charge < -0.3 is 4.90 Å². The number of rotatable bonds is 4. The fraction of sp³-hybridized carbons (Fsp3) is 0.412. The van der Waals surface area contributed by atoms with E-state index in [-0.39, 0.29) is 5.91 Å². The lowest BCUT2D eigenvalue weighted by Gasteiger charge is -2.34. The molecule has 1 aromatic carbocycles. The fourth-order valence-corrected chi connectivity index (χ4v) is 3.65. The van der Waals surface area contributed by atoms with Crippen LogP contribution in [0.15, 0.2) is 34.9 Å². The van der Waals surface area contributed by atoms with E-state index in [0.717, 1.165) is 42.2 Å². The first-order chi connectivity index (χ1) is 11.6. The molecule has 7 heteroatoms. The zero-order valence-electron chi connectivity index (χ0n) is 13.6. The van der Waals surface area contributed by atoms with E-state index >= 15 is 0 Å². The van der Waals surface area contributed by atoms with Crippen LogP contribution < -0.4 is 0 Å². The predicted octanol–water partition coefficient (Wildman–Crippen LogP) is 3.28. The topological polar surface area (TPSA) is 41.4 Å². The van der Waals surface area contributed by atoms with Crippen molar-refractivity contribution in [3.63, 3.8) is 0 Å². The van der Waals surface area contributed by atoms with E-state index in [1.807, 2.05) is 30.0 Å². The largest absolute Gasteiger partial charge is 0.335 e. The molecule has 24 heavy (non-hydrogen) atoms. The maximum Gasteiger partial charge on any atom is 0.273 e. The van der Waals surface area contributed by atoms with E-state index in [1.54, 1.807) is 10.9 Å². The molecular formula is C17H20BrClN4O. The lowest BCUT2D eigenvalue weighted by molar-refractivity contribution is 0.0615. The molecule has 1 aliphatic heterocycles. The first-order valence-corrected chi connectivity index (χ1v) is 9.23. The van der Waals surface area contributed by atoms with Crippen molar-refractivity contribution in [3.05, 3.63) is 51.2 Å². The molecule has 5 nitrogen and oxygen atoms in total. The van der Waals surface area contributed by atoms with Crippen LogP contribution in [0.3, 0.4) is 0 Å². The standard InChI is InChI=1S/C17H20BrClN4O/c1-2-23-16(15(18)11-20-23)17(24)22-8-6-21(7-9-22)12-13-4-3-5-14(19)10-13/h3-5,10-11H,2,6-9,12H2,1H3. The number of hydrogen-bond donors (Lipinski definition) is 0. The number of carbonyl (C=O) groups excluding carboxylic acids is 1. The van der Waals surface area contributed by atoms with Gasteiger partial charge in [0.15, 0.2) is 0 Å². The van der Waals surface area contributed by atoms with E-state index in [4.69, 9.17) is 11.6 Å². The Bertz CT molecular complexity index is 725. The van der Waals surface area contributed by atoms with E-state index in [0.29, 0.717) is 12.2 Å². The summed E-state index contributed by atoms with van der Waals surface area (Å²) < 4.78 is 2.50. The number of benzene rings is 1. The molecule has 0 bridgehead atoms. The van der Waals surface area contributed by atoms with Crippen LogP contribution in [0.5, 0.6) is 0 Å². The highest BCUT2D eigenvalue weighted by molar-refractivity contribution is 9.10. The van der Waals surface area contributed by atoms with Crippen LogP contribution in [0, 0.1) is 0 Å². The molecule has 1 aromatic heterocycles. The van der Waals surface area contributed by atoms with E-state index < -0.39 is 0 Å². The van der Waals surface area contributed by atoms with Gasteiger partial charge in [-0.1, -0.05) is 23.7 Å². The minimum atomic E-state index is 0.0450. The Hall–Kier alpha value is -1.37. The highest BCUT2D eigenvalue weighted by Gasteiger charge is 2.26. The summed E-state index contributed by atoms with van der Waals surface area (Å²) in [6, 6.07) is 7.94. The summed E-state index contributed by atoms with van der Waals surface area (Å²) in [4.78, 5) is 17.0. The van der Waals surface area contributed by atoms with E-state index in [1.165, 1.54) is 5.56 Å². The third kappa shape index (κ3) is 3.82. The summed E-state index contributed by atoms with van der Waals surface area (Å²) in [5, 5.41) is 4.99. The molecule has 1 fully saturated rings. The average Bonchev–Trinajstić information content (AvgIpc) is 2.96. The zero-order chi connectivity index (χ0) is 17.1. The Morgan fingerprint density at radius 3 is 2.71 bits per heavy atom.